The first-order chi connectivity index (χ1) is 7.77. The number of fused-ring (bicyclic) bond motifs is 2. The number of benzene rings is 1. The van der Waals surface area contributed by atoms with Crippen molar-refractivity contribution in [2.75, 3.05) is 0 Å². The molecule has 86 valence electrons. The van der Waals surface area contributed by atoms with Crippen molar-refractivity contribution in [3.05, 3.63) is 29.8 Å². The molecule has 1 saturated carbocycles. The fraction of sp³-hybridized carbons (Fsp3) is 0.538. The minimum atomic E-state index is -0.317. The quantitative estimate of drug-likeness (QED) is 0.697. The molecule has 4 atom stereocenters. The van der Waals surface area contributed by atoms with Gasteiger partial charge in [-0.25, -0.2) is 0 Å². The van der Waals surface area contributed by atoms with Crippen LogP contribution in [0.25, 0.3) is 0 Å². The van der Waals surface area contributed by atoms with Crippen molar-refractivity contribution < 1.29 is 9.84 Å². The van der Waals surface area contributed by atoms with Gasteiger partial charge in [-0.3, -0.25) is 0 Å². The molecule has 1 fully saturated rings. The summed E-state index contributed by atoms with van der Waals surface area (Å²) >= 11 is 0. The van der Waals surface area contributed by atoms with Crippen molar-refractivity contribution >= 4 is 0 Å². The van der Waals surface area contributed by atoms with Crippen LogP contribution in [-0.4, -0.2) is 17.3 Å². The average molecular weight is 219 g/mol. The monoisotopic (exact) mass is 219 g/mol. The molecule has 0 saturated heterocycles. The summed E-state index contributed by atoms with van der Waals surface area (Å²) in [5, 5.41) is 10.0. The second-order valence-corrected chi connectivity index (χ2v) is 4.80. The minimum absolute atomic E-state index is 0.0589. The van der Waals surface area contributed by atoms with Gasteiger partial charge in [-0.05, 0) is 25.3 Å². The van der Waals surface area contributed by atoms with E-state index in [9.17, 15) is 5.11 Å². The maximum Gasteiger partial charge on any atom is 0.124 e. The van der Waals surface area contributed by atoms with Crippen LogP contribution < -0.4 is 10.5 Å². The number of hydrogen-bond donors (Lipinski definition) is 2. The molecule has 3 N–H and O–H groups in total. The van der Waals surface area contributed by atoms with Crippen LogP contribution in [0.1, 0.15) is 30.9 Å². The Labute approximate surface area is 95.2 Å². The zero-order chi connectivity index (χ0) is 11.1. The van der Waals surface area contributed by atoms with Gasteiger partial charge in [-0.1, -0.05) is 18.2 Å². The van der Waals surface area contributed by atoms with Crippen LogP contribution in [0, 0.1) is 5.92 Å². The van der Waals surface area contributed by atoms with Gasteiger partial charge in [0.25, 0.3) is 0 Å². The van der Waals surface area contributed by atoms with Crippen molar-refractivity contribution in [2.45, 2.75) is 37.5 Å². The van der Waals surface area contributed by atoms with Gasteiger partial charge in [0.1, 0.15) is 11.9 Å². The summed E-state index contributed by atoms with van der Waals surface area (Å²) in [7, 11) is 0. The van der Waals surface area contributed by atoms with Crippen molar-refractivity contribution in [3.8, 4) is 5.75 Å². The largest absolute Gasteiger partial charge is 0.490 e. The summed E-state index contributed by atoms with van der Waals surface area (Å²) in [5.74, 6) is 0.953. The molecule has 1 aromatic rings. The Bertz CT molecular complexity index is 393. The number of aliphatic hydroxyl groups is 1. The third kappa shape index (κ3) is 1.43. The first-order valence-corrected chi connectivity index (χ1v) is 5.96. The van der Waals surface area contributed by atoms with Crippen LogP contribution in [0.3, 0.4) is 0 Å². The predicted molar refractivity (Wildman–Crippen MR) is 61.1 cm³/mol. The summed E-state index contributed by atoms with van der Waals surface area (Å²) in [6, 6.07) is 7.80. The molecule has 0 radical (unpaired) electrons. The Hall–Kier alpha value is -1.06. The summed E-state index contributed by atoms with van der Waals surface area (Å²) in [6.07, 6.45) is 2.65. The van der Waals surface area contributed by atoms with Gasteiger partial charge in [0.05, 0.1) is 6.10 Å². The predicted octanol–water partition coefficient (Wildman–Crippen LogP) is 1.61. The molecular formula is C13H17NO2. The van der Waals surface area contributed by atoms with E-state index in [0.717, 1.165) is 30.6 Å². The maximum absolute atomic E-state index is 10.0. The number of hydrogen-bond acceptors (Lipinski definition) is 3. The Morgan fingerprint density at radius 3 is 2.94 bits per heavy atom. The minimum Gasteiger partial charge on any atom is -0.490 e. The molecular weight excluding hydrogens is 202 g/mol. The molecule has 3 heteroatoms. The van der Waals surface area contributed by atoms with E-state index in [1.165, 1.54) is 0 Å². The second kappa shape index (κ2) is 3.75. The van der Waals surface area contributed by atoms with Gasteiger partial charge in [0.15, 0.2) is 0 Å². The molecule has 16 heavy (non-hydrogen) atoms. The zero-order valence-corrected chi connectivity index (χ0v) is 9.17. The molecule has 1 aliphatic heterocycles. The highest BCUT2D eigenvalue weighted by Gasteiger charge is 2.42. The van der Waals surface area contributed by atoms with Crippen LogP contribution in [0.5, 0.6) is 5.75 Å². The van der Waals surface area contributed by atoms with Gasteiger partial charge in [-0.2, -0.15) is 0 Å². The fourth-order valence-corrected chi connectivity index (χ4v) is 3.00. The van der Waals surface area contributed by atoms with E-state index < -0.39 is 0 Å². The lowest BCUT2D eigenvalue weighted by Gasteiger charge is -2.43. The molecule has 3 nitrogen and oxygen atoms in total. The highest BCUT2D eigenvalue weighted by Crippen LogP contribution is 2.43. The third-order valence-electron chi connectivity index (χ3n) is 3.83. The molecule has 1 heterocycles. The summed E-state index contributed by atoms with van der Waals surface area (Å²) < 4.78 is 5.94. The molecule has 0 aromatic heterocycles. The van der Waals surface area contributed by atoms with Crippen molar-refractivity contribution in [3.63, 3.8) is 0 Å². The van der Waals surface area contributed by atoms with E-state index in [4.69, 9.17) is 10.5 Å². The first-order valence-electron chi connectivity index (χ1n) is 5.96. The highest BCUT2D eigenvalue weighted by atomic mass is 16.5. The Balaban J connectivity index is 2.00. The topological polar surface area (TPSA) is 55.5 Å². The van der Waals surface area contributed by atoms with Gasteiger partial charge < -0.3 is 15.6 Å². The number of aliphatic hydroxyl groups excluding tert-OH is 1. The molecule has 0 amide bonds. The molecule has 0 bridgehead atoms. The van der Waals surface area contributed by atoms with Crippen molar-refractivity contribution in [1.82, 2.24) is 0 Å². The normalized spacial score (nSPS) is 37.1. The van der Waals surface area contributed by atoms with Crippen molar-refractivity contribution in [1.29, 1.82) is 0 Å². The molecule has 0 unspecified atom stereocenters. The van der Waals surface area contributed by atoms with E-state index in [2.05, 4.69) is 0 Å². The second-order valence-electron chi connectivity index (χ2n) is 4.80. The summed E-state index contributed by atoms with van der Waals surface area (Å²) in [6.45, 7) is 0. The summed E-state index contributed by atoms with van der Waals surface area (Å²) in [5.41, 5.74) is 7.28. The van der Waals surface area contributed by atoms with E-state index in [0.29, 0.717) is 0 Å². The maximum atomic E-state index is 10.0. The van der Waals surface area contributed by atoms with E-state index in [1.807, 2.05) is 24.3 Å². The van der Waals surface area contributed by atoms with Crippen LogP contribution in [-0.2, 0) is 0 Å². The van der Waals surface area contributed by atoms with Crippen LogP contribution >= 0.6 is 0 Å². The average Bonchev–Trinajstić information content (AvgIpc) is 2.29. The molecule has 3 rings (SSSR count). The lowest BCUT2D eigenvalue weighted by atomic mass is 9.75. The highest BCUT2D eigenvalue weighted by molar-refractivity contribution is 5.38. The fourth-order valence-electron chi connectivity index (χ4n) is 3.00. The van der Waals surface area contributed by atoms with E-state index >= 15 is 0 Å². The van der Waals surface area contributed by atoms with Crippen LogP contribution in [0.15, 0.2) is 24.3 Å². The van der Waals surface area contributed by atoms with Crippen LogP contribution in [0.2, 0.25) is 0 Å². The molecule has 1 aromatic carbocycles. The van der Waals surface area contributed by atoms with E-state index in [1.54, 1.807) is 0 Å². The molecule has 0 spiro atoms. The lowest BCUT2D eigenvalue weighted by molar-refractivity contribution is -0.0354. The Kier molecular flexibility index (Phi) is 2.37. The van der Waals surface area contributed by atoms with Gasteiger partial charge in [-0.15, -0.1) is 0 Å². The number of para-hydroxylation sites is 1. The first kappa shape index (κ1) is 10.1. The van der Waals surface area contributed by atoms with E-state index in [-0.39, 0.29) is 24.2 Å². The number of nitrogens with two attached hydrogens (primary N) is 1. The smallest absolute Gasteiger partial charge is 0.124 e. The van der Waals surface area contributed by atoms with Gasteiger partial charge in [0.2, 0.25) is 0 Å². The Morgan fingerprint density at radius 1 is 1.25 bits per heavy atom. The molecule has 2 aliphatic rings. The summed E-state index contributed by atoms with van der Waals surface area (Å²) in [4.78, 5) is 0. The van der Waals surface area contributed by atoms with Gasteiger partial charge in [0, 0.05) is 17.5 Å². The lowest BCUT2D eigenvalue weighted by Crippen LogP contribution is -2.48. The molecule has 1 aliphatic carbocycles. The SMILES string of the molecule is N[C@@H]1c2ccccc2O[C@@H]2CCC[C@H](O)[C@H]12. The standard InChI is InChI=1S/C13H17NO2/c14-13-8-4-1-2-6-10(8)16-11-7-3-5-9(15)12(11)13/h1-2,4,6,9,11-13,15H,3,5,7,14H2/t9-,11+,12-,13+/m0/s1. The number of rotatable bonds is 0. The van der Waals surface area contributed by atoms with Gasteiger partial charge >= 0.3 is 0 Å². The zero-order valence-electron chi connectivity index (χ0n) is 9.17. The van der Waals surface area contributed by atoms with Crippen LogP contribution in [0.4, 0.5) is 0 Å². The number of ether oxygens (including phenoxy) is 1. The third-order valence-corrected chi connectivity index (χ3v) is 3.83. The van der Waals surface area contributed by atoms with Crippen molar-refractivity contribution in [2.24, 2.45) is 11.7 Å². The Morgan fingerprint density at radius 2 is 2.06 bits per heavy atom.